The SMILES string of the molecule is CCCOc1ccc(/C(O)=C2\C(=O)C(=O)N(Cc3ccccc3)C2c2ccc(O)c(OCC)c2)cc1. The smallest absolute Gasteiger partial charge is 0.295 e. The summed E-state index contributed by atoms with van der Waals surface area (Å²) < 4.78 is 11.1. The van der Waals surface area contributed by atoms with Crippen LogP contribution in [-0.2, 0) is 16.1 Å². The molecule has 1 atom stereocenters. The van der Waals surface area contributed by atoms with Crippen LogP contribution in [0.1, 0.15) is 43.0 Å². The van der Waals surface area contributed by atoms with Gasteiger partial charge in [0.05, 0.1) is 24.8 Å². The highest BCUT2D eigenvalue weighted by Gasteiger charge is 2.46. The van der Waals surface area contributed by atoms with Gasteiger partial charge in [0.1, 0.15) is 11.5 Å². The van der Waals surface area contributed by atoms with Crippen LogP contribution in [0.15, 0.2) is 78.4 Å². The monoisotopic (exact) mass is 487 g/mol. The minimum atomic E-state index is -0.874. The molecule has 0 aromatic heterocycles. The van der Waals surface area contributed by atoms with Gasteiger partial charge in [-0.2, -0.15) is 0 Å². The molecule has 1 saturated heterocycles. The third-order valence-corrected chi connectivity index (χ3v) is 5.94. The van der Waals surface area contributed by atoms with Crippen LogP contribution in [-0.4, -0.2) is 40.0 Å². The number of Topliss-reactive ketones (excluding diaryl/α,β-unsaturated/α-hetero) is 1. The van der Waals surface area contributed by atoms with E-state index in [1.165, 1.54) is 11.0 Å². The molecule has 4 rings (SSSR count). The van der Waals surface area contributed by atoms with Gasteiger partial charge in [-0.1, -0.05) is 43.3 Å². The predicted molar refractivity (Wildman–Crippen MR) is 136 cm³/mol. The first-order valence-electron chi connectivity index (χ1n) is 12.0. The highest BCUT2D eigenvalue weighted by atomic mass is 16.5. The summed E-state index contributed by atoms with van der Waals surface area (Å²) in [6.07, 6.45) is 0.864. The van der Waals surface area contributed by atoms with Crippen molar-refractivity contribution in [2.45, 2.75) is 32.9 Å². The van der Waals surface area contributed by atoms with E-state index in [2.05, 4.69) is 0 Å². The third-order valence-electron chi connectivity index (χ3n) is 5.94. The van der Waals surface area contributed by atoms with Gasteiger partial charge in [-0.3, -0.25) is 9.59 Å². The van der Waals surface area contributed by atoms with E-state index in [-0.39, 0.29) is 29.4 Å². The van der Waals surface area contributed by atoms with Gasteiger partial charge in [0.15, 0.2) is 11.5 Å². The van der Waals surface area contributed by atoms with Crippen molar-refractivity contribution in [3.05, 3.63) is 95.1 Å². The molecule has 3 aromatic rings. The van der Waals surface area contributed by atoms with Crippen LogP contribution in [0.4, 0.5) is 0 Å². The lowest BCUT2D eigenvalue weighted by atomic mass is 9.94. The van der Waals surface area contributed by atoms with Gasteiger partial charge < -0.3 is 24.6 Å². The molecule has 1 unspecified atom stereocenters. The molecule has 0 aliphatic carbocycles. The minimum absolute atomic E-state index is 0.0219. The number of phenolic OH excluding ortho intramolecular Hbond substituents is 1. The highest BCUT2D eigenvalue weighted by Crippen LogP contribution is 2.42. The quantitative estimate of drug-likeness (QED) is 0.245. The molecule has 7 heteroatoms. The molecule has 1 aliphatic rings. The molecule has 7 nitrogen and oxygen atoms in total. The number of rotatable bonds is 9. The minimum Gasteiger partial charge on any atom is -0.507 e. The molecule has 1 heterocycles. The summed E-state index contributed by atoms with van der Waals surface area (Å²) in [4.78, 5) is 27.9. The van der Waals surface area contributed by atoms with Crippen LogP contribution >= 0.6 is 0 Å². The van der Waals surface area contributed by atoms with Crippen molar-refractivity contribution in [1.29, 1.82) is 0 Å². The Morgan fingerprint density at radius 2 is 1.67 bits per heavy atom. The van der Waals surface area contributed by atoms with Crippen LogP contribution < -0.4 is 9.47 Å². The second-order valence-electron chi connectivity index (χ2n) is 8.45. The molecule has 1 amide bonds. The van der Waals surface area contributed by atoms with Crippen molar-refractivity contribution < 1.29 is 29.3 Å². The van der Waals surface area contributed by atoms with E-state index in [1.807, 2.05) is 37.3 Å². The fraction of sp³-hybridized carbons (Fsp3) is 0.241. The number of aliphatic hydroxyl groups excluding tert-OH is 1. The maximum Gasteiger partial charge on any atom is 0.295 e. The first kappa shape index (κ1) is 24.9. The fourth-order valence-electron chi connectivity index (χ4n) is 4.23. The number of carbonyl (C=O) groups excluding carboxylic acids is 2. The molecule has 1 fully saturated rings. The van der Waals surface area contributed by atoms with Crippen LogP contribution in [0, 0.1) is 0 Å². The van der Waals surface area contributed by atoms with Gasteiger partial charge in [0, 0.05) is 12.1 Å². The van der Waals surface area contributed by atoms with Gasteiger partial charge in [-0.15, -0.1) is 0 Å². The summed E-state index contributed by atoms with van der Waals surface area (Å²) in [6.45, 7) is 4.87. The number of carbonyl (C=O) groups is 2. The lowest BCUT2D eigenvalue weighted by molar-refractivity contribution is -0.140. The number of amides is 1. The van der Waals surface area contributed by atoms with Gasteiger partial charge in [0.25, 0.3) is 11.7 Å². The summed E-state index contributed by atoms with van der Waals surface area (Å²) in [7, 11) is 0. The van der Waals surface area contributed by atoms with E-state index in [0.717, 1.165) is 12.0 Å². The number of phenols is 1. The first-order chi connectivity index (χ1) is 17.4. The van der Waals surface area contributed by atoms with E-state index in [9.17, 15) is 19.8 Å². The molecule has 1 aliphatic heterocycles. The van der Waals surface area contributed by atoms with E-state index in [4.69, 9.17) is 9.47 Å². The van der Waals surface area contributed by atoms with Gasteiger partial charge >= 0.3 is 0 Å². The van der Waals surface area contributed by atoms with Crippen LogP contribution in [0.3, 0.4) is 0 Å². The molecule has 3 aromatic carbocycles. The van der Waals surface area contributed by atoms with Crippen molar-refractivity contribution >= 4 is 17.4 Å². The van der Waals surface area contributed by atoms with Gasteiger partial charge in [0.2, 0.25) is 0 Å². The maximum absolute atomic E-state index is 13.3. The molecule has 0 spiro atoms. The summed E-state index contributed by atoms with van der Waals surface area (Å²) in [5.41, 5.74) is 1.75. The lowest BCUT2D eigenvalue weighted by Crippen LogP contribution is -2.29. The molecule has 0 radical (unpaired) electrons. The standard InChI is InChI=1S/C29H29NO6/c1-3-16-36-22-13-10-20(11-14-22)27(32)25-26(21-12-15-23(31)24(17-21)35-4-2)30(29(34)28(25)33)18-19-8-6-5-7-9-19/h5-15,17,26,31-32H,3-4,16,18H2,1-2H3/b27-25+. The van der Waals surface area contributed by atoms with E-state index in [1.54, 1.807) is 43.3 Å². The maximum atomic E-state index is 13.3. The molecule has 36 heavy (non-hydrogen) atoms. The van der Waals surface area contributed by atoms with Crippen molar-refractivity contribution in [1.82, 2.24) is 4.90 Å². The topological polar surface area (TPSA) is 96.3 Å². The Morgan fingerprint density at radius 1 is 0.944 bits per heavy atom. The average molecular weight is 488 g/mol. The number of ether oxygens (including phenoxy) is 2. The summed E-state index contributed by atoms with van der Waals surface area (Å²) in [5, 5.41) is 21.5. The average Bonchev–Trinajstić information content (AvgIpc) is 3.14. The molecular formula is C29H29NO6. The second kappa shape index (κ2) is 11.0. The largest absolute Gasteiger partial charge is 0.507 e. The zero-order valence-electron chi connectivity index (χ0n) is 20.3. The predicted octanol–water partition coefficient (Wildman–Crippen LogP) is 5.20. The number of ketones is 1. The molecule has 186 valence electrons. The van der Waals surface area contributed by atoms with E-state index in [0.29, 0.717) is 30.1 Å². The van der Waals surface area contributed by atoms with Gasteiger partial charge in [-0.25, -0.2) is 0 Å². The number of benzene rings is 3. The Labute approximate surface area is 210 Å². The summed E-state index contributed by atoms with van der Waals surface area (Å²) >= 11 is 0. The Bertz CT molecular complexity index is 1270. The zero-order chi connectivity index (χ0) is 25.7. The molecule has 0 saturated carbocycles. The normalized spacial score (nSPS) is 16.8. The number of aliphatic hydroxyl groups is 1. The number of aromatic hydroxyl groups is 1. The lowest BCUT2D eigenvalue weighted by Gasteiger charge is -2.26. The van der Waals surface area contributed by atoms with E-state index >= 15 is 0 Å². The third kappa shape index (κ3) is 5.05. The number of hydrogen-bond acceptors (Lipinski definition) is 6. The Kier molecular flexibility index (Phi) is 7.59. The Morgan fingerprint density at radius 3 is 2.33 bits per heavy atom. The van der Waals surface area contributed by atoms with E-state index < -0.39 is 17.7 Å². The number of nitrogens with zero attached hydrogens (tertiary/aromatic N) is 1. The van der Waals surface area contributed by atoms with Crippen molar-refractivity contribution in [3.63, 3.8) is 0 Å². The van der Waals surface area contributed by atoms with Crippen LogP contribution in [0.25, 0.3) is 5.76 Å². The second-order valence-corrected chi connectivity index (χ2v) is 8.45. The Hall–Kier alpha value is -4.26. The molecule has 2 N–H and O–H groups in total. The van der Waals surface area contributed by atoms with Gasteiger partial charge in [-0.05, 0) is 60.9 Å². The van der Waals surface area contributed by atoms with Crippen molar-refractivity contribution in [2.75, 3.05) is 13.2 Å². The molecular weight excluding hydrogens is 458 g/mol. The first-order valence-corrected chi connectivity index (χ1v) is 12.0. The van der Waals surface area contributed by atoms with Crippen LogP contribution in [0.2, 0.25) is 0 Å². The summed E-state index contributed by atoms with van der Waals surface area (Å²) in [5.74, 6) is -0.928. The van der Waals surface area contributed by atoms with Crippen LogP contribution in [0.5, 0.6) is 17.2 Å². The van der Waals surface area contributed by atoms with Crippen molar-refractivity contribution in [3.8, 4) is 17.2 Å². The fourth-order valence-corrected chi connectivity index (χ4v) is 4.23. The van der Waals surface area contributed by atoms with Crippen molar-refractivity contribution in [2.24, 2.45) is 0 Å². The zero-order valence-corrected chi connectivity index (χ0v) is 20.3. The molecule has 0 bridgehead atoms. The highest BCUT2D eigenvalue weighted by molar-refractivity contribution is 6.46. The number of hydrogen-bond donors (Lipinski definition) is 2. The number of likely N-dealkylation sites (tertiary alicyclic amines) is 1. The Balaban J connectivity index is 1.82. The summed E-state index contributed by atoms with van der Waals surface area (Å²) in [6, 6.07) is 19.9.